The predicted octanol–water partition coefficient (Wildman–Crippen LogP) is 8.11. The lowest BCUT2D eigenvalue weighted by Crippen LogP contribution is -2.35. The molecule has 4 rings (SSSR count). The molecule has 0 aromatic heterocycles. The third-order valence-corrected chi connectivity index (χ3v) is 8.57. The van der Waals surface area contributed by atoms with E-state index >= 15 is 0 Å². The zero-order valence-corrected chi connectivity index (χ0v) is 24.5. The monoisotopic (exact) mass is 524 g/mol. The van der Waals surface area contributed by atoms with Crippen molar-refractivity contribution < 1.29 is 20.4 Å². The average Bonchev–Trinajstić information content (AvgIpc) is 2.85. The summed E-state index contributed by atoms with van der Waals surface area (Å²) < 4.78 is 0. The molecule has 0 amide bonds. The molecule has 0 unspecified atom stereocenters. The van der Waals surface area contributed by atoms with E-state index in [1.165, 1.54) is 0 Å². The highest BCUT2D eigenvalue weighted by Crippen LogP contribution is 2.53. The smallest absolute Gasteiger partial charge is 0.118 e. The highest BCUT2D eigenvalue weighted by molar-refractivity contribution is 5.61. The van der Waals surface area contributed by atoms with Gasteiger partial charge in [0.25, 0.3) is 0 Å². The Morgan fingerprint density at radius 1 is 0.410 bits per heavy atom. The van der Waals surface area contributed by atoms with Gasteiger partial charge >= 0.3 is 0 Å². The van der Waals surface area contributed by atoms with E-state index in [9.17, 15) is 20.4 Å². The predicted molar refractivity (Wildman–Crippen MR) is 159 cm³/mol. The summed E-state index contributed by atoms with van der Waals surface area (Å²) in [5, 5.41) is 42.4. The van der Waals surface area contributed by atoms with Crippen molar-refractivity contribution in [2.75, 3.05) is 0 Å². The number of hydrogen-bond donors (Lipinski definition) is 4. The molecule has 0 aliphatic heterocycles. The van der Waals surface area contributed by atoms with Crippen molar-refractivity contribution in [3.63, 3.8) is 0 Å². The number of phenolic OH excluding ortho intramolecular Hbond substituents is 4. The van der Waals surface area contributed by atoms with Crippen LogP contribution in [0.2, 0.25) is 0 Å². The van der Waals surface area contributed by atoms with Crippen LogP contribution in [0.4, 0.5) is 0 Å². The lowest BCUT2D eigenvalue weighted by molar-refractivity contribution is 0.454. The van der Waals surface area contributed by atoms with Gasteiger partial charge in [0, 0.05) is 11.3 Å². The fraction of sp³-hybridized carbons (Fsp3) is 0.314. The zero-order valence-electron chi connectivity index (χ0n) is 24.5. The van der Waals surface area contributed by atoms with Crippen molar-refractivity contribution in [1.29, 1.82) is 0 Å². The molecular weight excluding hydrogens is 484 g/mol. The Hall–Kier alpha value is -3.92. The summed E-state index contributed by atoms with van der Waals surface area (Å²) >= 11 is 0. The molecule has 204 valence electrons. The molecule has 4 nitrogen and oxygen atoms in total. The first-order valence-corrected chi connectivity index (χ1v) is 13.4. The number of phenols is 4. The van der Waals surface area contributed by atoms with Crippen LogP contribution < -0.4 is 0 Å². The molecule has 0 aliphatic rings. The third-order valence-electron chi connectivity index (χ3n) is 8.57. The van der Waals surface area contributed by atoms with Gasteiger partial charge in [-0.25, -0.2) is 0 Å². The molecular formula is C35H40O4. The van der Waals surface area contributed by atoms with Gasteiger partial charge in [0.05, 0.1) is 0 Å². The maximum Gasteiger partial charge on any atom is 0.118 e. The van der Waals surface area contributed by atoms with Crippen LogP contribution in [0.1, 0.15) is 79.6 Å². The Kier molecular flexibility index (Phi) is 7.20. The second-order valence-electron chi connectivity index (χ2n) is 11.5. The first kappa shape index (κ1) is 28.1. The van der Waals surface area contributed by atoms with Gasteiger partial charge in [-0.05, 0) is 146 Å². The minimum atomic E-state index is -0.673. The van der Waals surface area contributed by atoms with E-state index in [0.29, 0.717) is 0 Å². The van der Waals surface area contributed by atoms with E-state index in [2.05, 4.69) is 31.2 Å². The summed E-state index contributed by atoms with van der Waals surface area (Å²) in [6, 6.07) is 15.6. The van der Waals surface area contributed by atoms with Crippen LogP contribution in [0.5, 0.6) is 23.0 Å². The molecule has 4 heteroatoms. The van der Waals surface area contributed by atoms with Crippen molar-refractivity contribution in [2.45, 2.75) is 73.6 Å². The quantitative estimate of drug-likeness (QED) is 0.213. The summed E-state index contributed by atoms with van der Waals surface area (Å²) in [5.41, 5.74) is 10.5. The van der Waals surface area contributed by atoms with E-state index in [4.69, 9.17) is 0 Å². The van der Waals surface area contributed by atoms with Gasteiger partial charge in [-0.3, -0.25) is 0 Å². The molecule has 0 heterocycles. The number of hydrogen-bond acceptors (Lipinski definition) is 4. The normalized spacial score (nSPS) is 11.8. The maximum absolute atomic E-state index is 10.6. The van der Waals surface area contributed by atoms with Crippen LogP contribution >= 0.6 is 0 Å². The minimum Gasteiger partial charge on any atom is -0.508 e. The molecule has 39 heavy (non-hydrogen) atoms. The molecule has 0 radical (unpaired) electrons. The maximum atomic E-state index is 10.6. The fourth-order valence-electron chi connectivity index (χ4n) is 6.24. The van der Waals surface area contributed by atoms with Crippen molar-refractivity contribution in [1.82, 2.24) is 0 Å². The Balaban J connectivity index is 2.26. The van der Waals surface area contributed by atoms with Gasteiger partial charge in [0.2, 0.25) is 0 Å². The molecule has 0 saturated carbocycles. The first-order valence-electron chi connectivity index (χ1n) is 13.4. The van der Waals surface area contributed by atoms with Crippen LogP contribution in [0.3, 0.4) is 0 Å². The number of aromatic hydroxyl groups is 4. The molecule has 4 aromatic rings. The standard InChI is InChI=1S/C35H40O4/c1-18-14-30(36)22(5)10-26(18)34(27-11-23(6)31(37)15-19(27)2)35(9,28-12-24(7)32(38)16-20(28)3)29-13-25(8)33(39)17-21(29)4/h10-17,34,36-39H,1-9H3. The molecule has 0 spiro atoms. The van der Waals surface area contributed by atoms with Gasteiger partial charge in [-0.15, -0.1) is 0 Å². The molecule has 0 bridgehead atoms. The lowest BCUT2D eigenvalue weighted by Gasteiger charge is -2.43. The van der Waals surface area contributed by atoms with Crippen molar-refractivity contribution in [2.24, 2.45) is 0 Å². The summed E-state index contributed by atoms with van der Waals surface area (Å²) in [7, 11) is 0. The van der Waals surface area contributed by atoms with Crippen molar-refractivity contribution in [3.05, 3.63) is 115 Å². The minimum absolute atomic E-state index is 0.235. The van der Waals surface area contributed by atoms with Crippen LogP contribution in [-0.2, 0) is 5.41 Å². The van der Waals surface area contributed by atoms with E-state index in [1.807, 2.05) is 79.7 Å². The summed E-state index contributed by atoms with van der Waals surface area (Å²) in [6.45, 7) is 18.0. The van der Waals surface area contributed by atoms with Gasteiger partial charge in [-0.1, -0.05) is 31.2 Å². The highest BCUT2D eigenvalue weighted by Gasteiger charge is 2.43. The molecule has 0 aliphatic carbocycles. The van der Waals surface area contributed by atoms with Crippen LogP contribution in [0.15, 0.2) is 48.5 Å². The largest absolute Gasteiger partial charge is 0.508 e. The summed E-state index contributed by atoms with van der Waals surface area (Å²) in [4.78, 5) is 0. The first-order chi connectivity index (χ1) is 18.2. The topological polar surface area (TPSA) is 80.9 Å². The van der Waals surface area contributed by atoms with Gasteiger partial charge in [0.15, 0.2) is 0 Å². The Labute approximate surface area is 232 Å². The molecule has 4 N–H and O–H groups in total. The van der Waals surface area contributed by atoms with Crippen LogP contribution in [0.25, 0.3) is 0 Å². The lowest BCUT2D eigenvalue weighted by atomic mass is 9.59. The fourth-order valence-corrected chi connectivity index (χ4v) is 6.24. The van der Waals surface area contributed by atoms with Gasteiger partial charge in [0.1, 0.15) is 23.0 Å². The number of rotatable bonds is 5. The van der Waals surface area contributed by atoms with E-state index in [0.717, 1.165) is 66.8 Å². The molecule has 0 fully saturated rings. The Morgan fingerprint density at radius 3 is 1.03 bits per heavy atom. The van der Waals surface area contributed by atoms with Crippen molar-refractivity contribution >= 4 is 0 Å². The van der Waals surface area contributed by atoms with Crippen LogP contribution in [-0.4, -0.2) is 20.4 Å². The number of aryl methyl sites for hydroxylation is 8. The van der Waals surface area contributed by atoms with Crippen LogP contribution in [0, 0.1) is 55.4 Å². The molecule has 0 atom stereocenters. The molecule has 0 saturated heterocycles. The second-order valence-corrected chi connectivity index (χ2v) is 11.5. The SMILES string of the molecule is Cc1cc(C(c2cc(C)c(O)cc2C)C(C)(c2cc(C)c(O)cc2C)c2cc(C)c(O)cc2C)c(C)cc1O. The molecule has 4 aromatic carbocycles. The zero-order chi connectivity index (χ0) is 29.0. The van der Waals surface area contributed by atoms with Crippen molar-refractivity contribution in [3.8, 4) is 23.0 Å². The summed E-state index contributed by atoms with van der Waals surface area (Å²) in [6.07, 6.45) is 0. The van der Waals surface area contributed by atoms with E-state index in [-0.39, 0.29) is 28.9 Å². The van der Waals surface area contributed by atoms with E-state index < -0.39 is 5.41 Å². The Morgan fingerprint density at radius 2 is 0.692 bits per heavy atom. The van der Waals surface area contributed by atoms with Gasteiger partial charge < -0.3 is 20.4 Å². The second kappa shape index (κ2) is 10.00. The third kappa shape index (κ3) is 4.73. The Bertz CT molecular complexity index is 1480. The number of benzene rings is 4. The van der Waals surface area contributed by atoms with E-state index in [1.54, 1.807) is 0 Å². The summed E-state index contributed by atoms with van der Waals surface area (Å²) in [5.74, 6) is 0.776. The van der Waals surface area contributed by atoms with Gasteiger partial charge in [-0.2, -0.15) is 0 Å². The average molecular weight is 525 g/mol. The highest BCUT2D eigenvalue weighted by atomic mass is 16.3.